The third-order valence-electron chi connectivity index (χ3n) is 5.81. The number of nitrogens with two attached hydrogens (primary N) is 1. The van der Waals surface area contributed by atoms with Gasteiger partial charge in [-0.1, -0.05) is 48.0 Å². The highest BCUT2D eigenvalue weighted by atomic mass is 35.5. The van der Waals surface area contributed by atoms with Gasteiger partial charge in [0.25, 0.3) is 5.69 Å². The van der Waals surface area contributed by atoms with Crippen molar-refractivity contribution in [1.29, 1.82) is 0 Å². The van der Waals surface area contributed by atoms with Crippen LogP contribution in [0.3, 0.4) is 0 Å². The summed E-state index contributed by atoms with van der Waals surface area (Å²) in [7, 11) is 0. The molecule has 0 unspecified atom stereocenters. The number of nitro groups is 1. The summed E-state index contributed by atoms with van der Waals surface area (Å²) in [6.07, 6.45) is 0.600. The Hall–Kier alpha value is -3.65. The van der Waals surface area contributed by atoms with E-state index >= 15 is 0 Å². The van der Waals surface area contributed by atoms with E-state index in [4.69, 9.17) is 26.8 Å². The van der Waals surface area contributed by atoms with Crippen LogP contribution in [0.2, 0.25) is 5.02 Å². The largest absolute Gasteiger partial charge is 0.462 e. The molecule has 2 atom stereocenters. The molecule has 0 saturated carbocycles. The highest BCUT2D eigenvalue weighted by Gasteiger charge is 2.43. The monoisotopic (exact) mass is 468 g/mol. The molecule has 0 fully saturated rings. The van der Waals surface area contributed by atoms with Crippen LogP contribution in [0.4, 0.5) is 5.69 Å². The molecule has 0 spiro atoms. The lowest BCUT2D eigenvalue weighted by molar-refractivity contribution is -0.384. The van der Waals surface area contributed by atoms with Crippen molar-refractivity contribution in [2.75, 3.05) is 6.61 Å². The molecule has 170 valence electrons. The number of allylic oxidation sites excluding steroid dienone is 2. The maximum absolute atomic E-state index is 13.4. The first-order valence-electron chi connectivity index (χ1n) is 10.4. The third kappa shape index (κ3) is 4.21. The SMILES string of the molecule is CCOC(=O)C1=C(N)OC2=C(C(=O)C[C@@H](c3ccccc3)C2)[C@@H]1c1ccc(Cl)c([N+](=O)[O-])c1. The number of Topliss-reactive ketones (excluding diaryl/α,β-unsaturated/α-hetero) is 1. The van der Waals surface area contributed by atoms with Crippen LogP contribution in [0.25, 0.3) is 0 Å². The summed E-state index contributed by atoms with van der Waals surface area (Å²) in [5, 5.41) is 11.4. The van der Waals surface area contributed by atoms with Gasteiger partial charge in [0.2, 0.25) is 5.88 Å². The quantitative estimate of drug-likeness (QED) is 0.389. The summed E-state index contributed by atoms with van der Waals surface area (Å²) in [5.41, 5.74) is 7.34. The van der Waals surface area contributed by atoms with E-state index in [9.17, 15) is 19.7 Å². The van der Waals surface area contributed by atoms with E-state index in [1.165, 1.54) is 12.1 Å². The van der Waals surface area contributed by atoms with Crippen molar-refractivity contribution < 1.29 is 24.0 Å². The molecule has 4 rings (SSSR count). The number of carbonyl (C=O) groups excluding carboxylic acids is 2. The predicted molar refractivity (Wildman–Crippen MR) is 120 cm³/mol. The van der Waals surface area contributed by atoms with E-state index in [0.29, 0.717) is 17.7 Å². The fourth-order valence-electron chi connectivity index (χ4n) is 4.36. The number of ether oxygens (including phenoxy) is 2. The van der Waals surface area contributed by atoms with Crippen LogP contribution in [0, 0.1) is 10.1 Å². The minimum absolute atomic E-state index is 0.0567. The lowest BCUT2D eigenvalue weighted by atomic mass is 9.73. The van der Waals surface area contributed by atoms with E-state index in [0.717, 1.165) is 5.56 Å². The second-order valence-electron chi connectivity index (χ2n) is 7.78. The number of nitro benzene ring substituents is 1. The average molecular weight is 469 g/mol. The number of rotatable bonds is 5. The molecule has 9 heteroatoms. The average Bonchev–Trinajstić information content (AvgIpc) is 2.79. The fraction of sp³-hybridized carbons (Fsp3) is 0.250. The van der Waals surface area contributed by atoms with Gasteiger partial charge in [-0.15, -0.1) is 0 Å². The zero-order chi connectivity index (χ0) is 23.7. The van der Waals surface area contributed by atoms with Gasteiger partial charge in [-0.3, -0.25) is 14.9 Å². The maximum atomic E-state index is 13.4. The van der Waals surface area contributed by atoms with Crippen LogP contribution < -0.4 is 5.73 Å². The Morgan fingerprint density at radius 1 is 1.21 bits per heavy atom. The Morgan fingerprint density at radius 2 is 1.94 bits per heavy atom. The summed E-state index contributed by atoms with van der Waals surface area (Å²) in [4.78, 5) is 37.1. The topological polar surface area (TPSA) is 122 Å². The number of hydrogen-bond acceptors (Lipinski definition) is 7. The molecule has 0 saturated heterocycles. The van der Waals surface area contributed by atoms with Crippen molar-refractivity contribution in [3.63, 3.8) is 0 Å². The number of ketones is 1. The van der Waals surface area contributed by atoms with Crippen molar-refractivity contribution >= 4 is 29.0 Å². The molecule has 1 heterocycles. The van der Waals surface area contributed by atoms with Crippen LogP contribution in [0.1, 0.15) is 42.7 Å². The number of esters is 1. The van der Waals surface area contributed by atoms with Crippen molar-refractivity contribution in [1.82, 2.24) is 0 Å². The van der Waals surface area contributed by atoms with E-state index in [2.05, 4.69) is 0 Å². The van der Waals surface area contributed by atoms with Crippen molar-refractivity contribution in [2.45, 2.75) is 31.6 Å². The zero-order valence-corrected chi connectivity index (χ0v) is 18.5. The Kier molecular flexibility index (Phi) is 6.20. The number of carbonyl (C=O) groups is 2. The molecular formula is C24H21ClN2O6. The van der Waals surface area contributed by atoms with Crippen LogP contribution in [-0.2, 0) is 19.1 Å². The highest BCUT2D eigenvalue weighted by Crippen LogP contribution is 2.48. The Bertz CT molecular complexity index is 1200. The molecule has 0 amide bonds. The number of halogens is 1. The van der Waals surface area contributed by atoms with Crippen LogP contribution in [0.15, 0.2) is 71.3 Å². The third-order valence-corrected chi connectivity index (χ3v) is 6.13. The second-order valence-corrected chi connectivity index (χ2v) is 8.18. The van der Waals surface area contributed by atoms with Gasteiger partial charge < -0.3 is 15.2 Å². The Morgan fingerprint density at radius 3 is 2.61 bits per heavy atom. The standard InChI is InChI=1S/C24H21ClN2O6/c1-2-32-24(29)22-20(14-8-9-16(25)17(10-14)27(30)31)21-18(28)11-15(12-19(21)33-23(22)26)13-6-4-3-5-7-13/h3-10,15,20H,2,11-12,26H2,1H3/t15-,20+/m1/s1. The molecule has 0 aromatic heterocycles. The molecule has 2 aromatic carbocycles. The van der Waals surface area contributed by atoms with Crippen molar-refractivity contribution in [3.8, 4) is 0 Å². The minimum atomic E-state index is -0.965. The first-order valence-corrected chi connectivity index (χ1v) is 10.8. The number of benzene rings is 2. The van der Waals surface area contributed by atoms with E-state index in [-0.39, 0.29) is 52.5 Å². The smallest absolute Gasteiger partial charge is 0.340 e. The minimum Gasteiger partial charge on any atom is -0.462 e. The Balaban J connectivity index is 1.85. The van der Waals surface area contributed by atoms with Gasteiger partial charge in [-0.25, -0.2) is 4.79 Å². The second kappa shape index (κ2) is 9.07. The molecule has 1 aliphatic carbocycles. The van der Waals surface area contributed by atoms with Gasteiger partial charge in [0, 0.05) is 24.5 Å². The van der Waals surface area contributed by atoms with Crippen molar-refractivity contribution in [2.24, 2.45) is 5.73 Å². The van der Waals surface area contributed by atoms with Gasteiger partial charge >= 0.3 is 5.97 Å². The summed E-state index contributed by atoms with van der Waals surface area (Å²) in [6, 6.07) is 13.7. The van der Waals surface area contributed by atoms with Gasteiger partial charge in [0.1, 0.15) is 16.4 Å². The molecule has 8 nitrogen and oxygen atoms in total. The molecule has 2 aliphatic rings. The maximum Gasteiger partial charge on any atom is 0.340 e. The number of nitrogens with zero attached hydrogens (tertiary/aromatic N) is 1. The van der Waals surface area contributed by atoms with E-state index in [1.807, 2.05) is 30.3 Å². The summed E-state index contributed by atoms with van der Waals surface area (Å²) < 4.78 is 11.0. The first-order chi connectivity index (χ1) is 15.8. The molecule has 2 N–H and O–H groups in total. The molecular weight excluding hydrogens is 448 g/mol. The molecule has 0 bridgehead atoms. The zero-order valence-electron chi connectivity index (χ0n) is 17.7. The van der Waals surface area contributed by atoms with Crippen LogP contribution >= 0.6 is 11.6 Å². The highest BCUT2D eigenvalue weighted by molar-refractivity contribution is 6.32. The summed E-state index contributed by atoms with van der Waals surface area (Å²) in [5.74, 6) is -1.88. The lowest BCUT2D eigenvalue weighted by Gasteiger charge is -2.35. The molecule has 0 radical (unpaired) electrons. The molecule has 33 heavy (non-hydrogen) atoms. The van der Waals surface area contributed by atoms with Crippen LogP contribution in [-0.4, -0.2) is 23.3 Å². The van der Waals surface area contributed by atoms with Crippen LogP contribution in [0.5, 0.6) is 0 Å². The normalized spacial score (nSPS) is 20.2. The summed E-state index contributed by atoms with van der Waals surface area (Å²) >= 11 is 5.99. The molecule has 1 aliphatic heterocycles. The van der Waals surface area contributed by atoms with Gasteiger partial charge in [-0.05, 0) is 30.0 Å². The summed E-state index contributed by atoms with van der Waals surface area (Å²) in [6.45, 7) is 1.72. The first kappa shape index (κ1) is 22.5. The van der Waals surface area contributed by atoms with E-state index < -0.39 is 16.8 Å². The van der Waals surface area contributed by atoms with Gasteiger partial charge in [-0.2, -0.15) is 0 Å². The van der Waals surface area contributed by atoms with Gasteiger partial charge in [0.15, 0.2) is 5.78 Å². The Labute approximate surface area is 194 Å². The predicted octanol–water partition coefficient (Wildman–Crippen LogP) is 4.50. The van der Waals surface area contributed by atoms with E-state index in [1.54, 1.807) is 13.0 Å². The van der Waals surface area contributed by atoms with Crippen molar-refractivity contribution in [3.05, 3.63) is 97.6 Å². The lowest BCUT2D eigenvalue weighted by Crippen LogP contribution is -2.33. The number of hydrogen-bond donors (Lipinski definition) is 1. The fourth-order valence-corrected chi connectivity index (χ4v) is 4.55. The van der Waals surface area contributed by atoms with Gasteiger partial charge in [0.05, 0.1) is 17.4 Å². The molecule has 2 aromatic rings.